The summed E-state index contributed by atoms with van der Waals surface area (Å²) in [6, 6.07) is 7.08. The monoisotopic (exact) mass is 417 g/mol. The number of fused-ring (bicyclic) bond motifs is 1. The average molecular weight is 418 g/mol. The molecule has 9 heteroatoms. The summed E-state index contributed by atoms with van der Waals surface area (Å²) < 4.78 is 24.2. The second-order valence-electron chi connectivity index (χ2n) is 5.58. The number of benzene rings is 1. The molecule has 0 radical (unpaired) electrons. The zero-order chi connectivity index (χ0) is 16.6. The van der Waals surface area contributed by atoms with Crippen LogP contribution in [0.4, 0.5) is 5.69 Å². The molecular weight excluding hydrogens is 402 g/mol. The number of carbonyl (C=O) groups excluding carboxylic acids is 1. The molecule has 0 aromatic heterocycles. The summed E-state index contributed by atoms with van der Waals surface area (Å²) in [5, 5.41) is 3.56. The van der Waals surface area contributed by atoms with Crippen LogP contribution in [0.5, 0.6) is 0 Å². The molecule has 1 N–H and O–H groups in total. The van der Waals surface area contributed by atoms with E-state index in [0.717, 1.165) is 15.3 Å². The molecule has 2 aliphatic rings. The van der Waals surface area contributed by atoms with E-state index in [1.54, 1.807) is 0 Å². The summed E-state index contributed by atoms with van der Waals surface area (Å²) in [6.45, 7) is 0. The van der Waals surface area contributed by atoms with E-state index < -0.39 is 9.84 Å². The number of carbonyl (C=O) groups is 1. The molecule has 0 unspecified atom stereocenters. The molecule has 1 amide bonds. The van der Waals surface area contributed by atoms with Gasteiger partial charge in [0.25, 0.3) is 0 Å². The lowest BCUT2D eigenvalue weighted by Gasteiger charge is -2.20. The van der Waals surface area contributed by atoms with Crippen LogP contribution in [0, 0.1) is 0 Å². The van der Waals surface area contributed by atoms with Gasteiger partial charge in [0.05, 0.1) is 29.3 Å². The van der Waals surface area contributed by atoms with Gasteiger partial charge in [-0.1, -0.05) is 27.7 Å². The highest BCUT2D eigenvalue weighted by Crippen LogP contribution is 2.29. The quantitative estimate of drug-likeness (QED) is 0.807. The van der Waals surface area contributed by atoms with E-state index in [1.807, 2.05) is 36.2 Å². The summed E-state index contributed by atoms with van der Waals surface area (Å²) in [5.74, 6) is 0.383. The number of hydrogen-bond donors (Lipinski definition) is 1. The molecule has 23 heavy (non-hydrogen) atoms. The first-order chi connectivity index (χ1) is 10.8. The van der Waals surface area contributed by atoms with Crippen LogP contribution in [0.3, 0.4) is 0 Å². The Morgan fingerprint density at radius 2 is 2.09 bits per heavy atom. The van der Waals surface area contributed by atoms with Gasteiger partial charge in [0.1, 0.15) is 0 Å². The molecular formula is C14H16BrN3O3S2. The Labute approximate surface area is 147 Å². The van der Waals surface area contributed by atoms with E-state index in [9.17, 15) is 13.2 Å². The number of nitrogens with zero attached hydrogens (tertiary/aromatic N) is 2. The maximum absolute atomic E-state index is 12.0. The summed E-state index contributed by atoms with van der Waals surface area (Å²) >= 11 is 4.68. The minimum atomic E-state index is -2.98. The number of amides is 1. The van der Waals surface area contributed by atoms with Gasteiger partial charge in [0.15, 0.2) is 15.0 Å². The third-order valence-electron chi connectivity index (χ3n) is 3.83. The molecule has 6 nitrogen and oxygen atoms in total. The fourth-order valence-corrected chi connectivity index (χ4v) is 5.74. The van der Waals surface area contributed by atoms with Crippen LogP contribution in [0.15, 0.2) is 33.7 Å². The van der Waals surface area contributed by atoms with Crippen LogP contribution >= 0.6 is 27.7 Å². The van der Waals surface area contributed by atoms with Gasteiger partial charge < -0.3 is 10.2 Å². The van der Waals surface area contributed by atoms with Crippen LogP contribution in [0.25, 0.3) is 0 Å². The summed E-state index contributed by atoms with van der Waals surface area (Å²) in [7, 11) is -1.14. The highest BCUT2D eigenvalue weighted by Gasteiger charge is 2.45. The molecule has 0 spiro atoms. The van der Waals surface area contributed by atoms with Crippen molar-refractivity contribution < 1.29 is 13.2 Å². The van der Waals surface area contributed by atoms with Crippen LogP contribution in [0.2, 0.25) is 0 Å². The van der Waals surface area contributed by atoms with Crippen molar-refractivity contribution in [1.82, 2.24) is 4.90 Å². The number of thioether (sulfide) groups is 1. The van der Waals surface area contributed by atoms with Gasteiger partial charge in [-0.25, -0.2) is 8.42 Å². The predicted molar refractivity (Wildman–Crippen MR) is 96.7 cm³/mol. The lowest BCUT2D eigenvalue weighted by Crippen LogP contribution is -2.35. The number of nitrogens with one attached hydrogen (secondary N) is 1. The van der Waals surface area contributed by atoms with Gasteiger partial charge in [-0.05, 0) is 24.3 Å². The zero-order valence-corrected chi connectivity index (χ0v) is 15.6. The summed E-state index contributed by atoms with van der Waals surface area (Å²) in [6.07, 6.45) is 0. The fourth-order valence-electron chi connectivity index (χ4n) is 2.68. The van der Waals surface area contributed by atoms with Gasteiger partial charge in [0, 0.05) is 17.2 Å². The highest BCUT2D eigenvalue weighted by molar-refractivity contribution is 9.10. The fraction of sp³-hybridized carbons (Fsp3) is 0.429. The third kappa shape index (κ3) is 3.89. The summed E-state index contributed by atoms with van der Waals surface area (Å²) in [5.41, 5.74) is 0.739. The number of anilines is 1. The number of amidine groups is 1. The van der Waals surface area contributed by atoms with Gasteiger partial charge in [-0.15, -0.1) is 0 Å². The number of aliphatic imine (C=N–C) groups is 1. The van der Waals surface area contributed by atoms with E-state index in [0.29, 0.717) is 0 Å². The van der Waals surface area contributed by atoms with E-state index in [1.165, 1.54) is 11.8 Å². The lowest BCUT2D eigenvalue weighted by molar-refractivity contribution is -0.113. The van der Waals surface area contributed by atoms with Crippen molar-refractivity contribution >= 4 is 54.3 Å². The standard InChI is InChI=1S/C14H16BrN3O3S2/c1-18-12-8-23(20,21)7-11(12)17-14(18)22-6-13(19)16-10-4-2-9(15)3-5-10/h2-5,11-12H,6-8H2,1H3,(H,16,19)/t11-,12+/m0/s1. The Morgan fingerprint density at radius 3 is 2.74 bits per heavy atom. The Bertz CT molecular complexity index is 749. The Hall–Kier alpha value is -1.06. The molecule has 3 rings (SSSR count). The van der Waals surface area contributed by atoms with Crippen LogP contribution in [-0.2, 0) is 14.6 Å². The van der Waals surface area contributed by atoms with Crippen molar-refractivity contribution in [3.63, 3.8) is 0 Å². The molecule has 1 saturated heterocycles. The number of sulfone groups is 1. The topological polar surface area (TPSA) is 78.8 Å². The average Bonchev–Trinajstić information content (AvgIpc) is 2.93. The number of hydrogen-bond acceptors (Lipinski definition) is 6. The Balaban J connectivity index is 1.54. The summed E-state index contributed by atoms with van der Waals surface area (Å²) in [4.78, 5) is 18.3. The van der Waals surface area contributed by atoms with E-state index in [4.69, 9.17) is 0 Å². The van der Waals surface area contributed by atoms with Crippen molar-refractivity contribution in [1.29, 1.82) is 0 Å². The van der Waals surface area contributed by atoms with Crippen molar-refractivity contribution in [2.24, 2.45) is 4.99 Å². The molecule has 0 aliphatic carbocycles. The van der Waals surface area contributed by atoms with Crippen LogP contribution < -0.4 is 5.32 Å². The maximum Gasteiger partial charge on any atom is 0.234 e. The maximum atomic E-state index is 12.0. The molecule has 2 atom stereocenters. The first-order valence-electron chi connectivity index (χ1n) is 7.03. The van der Waals surface area contributed by atoms with E-state index in [-0.39, 0.29) is 35.2 Å². The molecule has 124 valence electrons. The van der Waals surface area contributed by atoms with Crippen molar-refractivity contribution in [3.05, 3.63) is 28.7 Å². The highest BCUT2D eigenvalue weighted by atomic mass is 79.9. The number of likely N-dealkylation sites (N-methyl/N-ethyl adjacent to an activating group) is 1. The Kier molecular flexibility index (Phi) is 4.70. The number of rotatable bonds is 3. The van der Waals surface area contributed by atoms with Crippen molar-refractivity contribution in [2.75, 3.05) is 29.6 Å². The molecule has 1 aromatic carbocycles. The second kappa shape index (κ2) is 6.45. The molecule has 1 fully saturated rings. The smallest absolute Gasteiger partial charge is 0.234 e. The number of halogens is 1. The molecule has 2 aliphatic heterocycles. The zero-order valence-electron chi connectivity index (χ0n) is 12.4. The molecule has 2 heterocycles. The van der Waals surface area contributed by atoms with Crippen LogP contribution in [-0.4, -0.2) is 60.8 Å². The molecule has 0 bridgehead atoms. The Morgan fingerprint density at radius 1 is 1.39 bits per heavy atom. The van der Waals surface area contributed by atoms with Gasteiger partial charge >= 0.3 is 0 Å². The van der Waals surface area contributed by atoms with E-state index >= 15 is 0 Å². The van der Waals surface area contributed by atoms with Gasteiger partial charge in [-0.3, -0.25) is 9.79 Å². The first kappa shape index (κ1) is 16.8. The first-order valence-corrected chi connectivity index (χ1v) is 10.6. The largest absolute Gasteiger partial charge is 0.348 e. The third-order valence-corrected chi connectivity index (χ3v) is 7.11. The van der Waals surface area contributed by atoms with Gasteiger partial charge in [-0.2, -0.15) is 0 Å². The minimum Gasteiger partial charge on any atom is -0.348 e. The minimum absolute atomic E-state index is 0.0861. The van der Waals surface area contributed by atoms with Crippen molar-refractivity contribution in [3.8, 4) is 0 Å². The van der Waals surface area contributed by atoms with E-state index in [2.05, 4.69) is 26.2 Å². The normalized spacial score (nSPS) is 25.1. The lowest BCUT2D eigenvalue weighted by atomic mass is 10.2. The molecule has 0 saturated carbocycles. The molecule has 1 aromatic rings. The van der Waals surface area contributed by atoms with Crippen molar-refractivity contribution in [2.45, 2.75) is 12.1 Å². The van der Waals surface area contributed by atoms with Gasteiger partial charge in [0.2, 0.25) is 5.91 Å². The second-order valence-corrected chi connectivity index (χ2v) is 9.59. The SMILES string of the molecule is CN1C(SCC(=O)Nc2ccc(Br)cc2)=N[C@H]2CS(=O)(=O)C[C@H]21. The van der Waals surface area contributed by atoms with Crippen LogP contribution in [0.1, 0.15) is 0 Å². The predicted octanol–water partition coefficient (Wildman–Crippen LogP) is 1.59.